The predicted molar refractivity (Wildman–Crippen MR) is 52.4 cm³/mol. The summed E-state index contributed by atoms with van der Waals surface area (Å²) in [5.74, 6) is 0.877. The third kappa shape index (κ3) is 1.27. The molecule has 1 N–H and O–H groups in total. The fourth-order valence-electron chi connectivity index (χ4n) is 1.47. The molecule has 1 aromatic rings. The van der Waals surface area contributed by atoms with Gasteiger partial charge in [0.05, 0.1) is 0 Å². The monoisotopic (exact) mass is 190 g/mol. The number of carbonyl (C=O) groups excluding carboxylic acids is 1. The van der Waals surface area contributed by atoms with Gasteiger partial charge in [-0.1, -0.05) is 0 Å². The molecule has 0 saturated carbocycles. The third-order valence-corrected chi connectivity index (χ3v) is 2.28. The van der Waals surface area contributed by atoms with E-state index in [1.54, 1.807) is 25.1 Å². The van der Waals surface area contributed by atoms with Gasteiger partial charge in [-0.05, 0) is 25.1 Å². The minimum absolute atomic E-state index is 0.215. The van der Waals surface area contributed by atoms with Crippen LogP contribution in [0.4, 0.5) is 0 Å². The number of aromatic hydroxyl groups is 1. The van der Waals surface area contributed by atoms with Gasteiger partial charge in [0.25, 0.3) is 0 Å². The number of hydrogen-bond donors (Lipinski definition) is 1. The Morgan fingerprint density at radius 3 is 3.00 bits per heavy atom. The molecule has 1 aromatic carbocycles. The van der Waals surface area contributed by atoms with Gasteiger partial charge >= 0.3 is 0 Å². The number of hydrogen-bond acceptors (Lipinski definition) is 3. The summed E-state index contributed by atoms with van der Waals surface area (Å²) in [6.07, 6.45) is 2.56. The van der Waals surface area contributed by atoms with Crippen molar-refractivity contribution < 1.29 is 14.6 Å². The zero-order valence-electron chi connectivity index (χ0n) is 7.78. The second-order valence-corrected chi connectivity index (χ2v) is 3.25. The van der Waals surface area contributed by atoms with Crippen molar-refractivity contribution >= 4 is 12.4 Å². The molecule has 2 rings (SSSR count). The highest BCUT2D eigenvalue weighted by molar-refractivity contribution is 5.84. The quantitative estimate of drug-likeness (QED) is 0.685. The fourth-order valence-corrected chi connectivity index (χ4v) is 1.47. The van der Waals surface area contributed by atoms with Crippen molar-refractivity contribution in [3.8, 4) is 11.5 Å². The zero-order valence-corrected chi connectivity index (χ0v) is 7.78. The molecule has 0 spiro atoms. The predicted octanol–water partition coefficient (Wildman–Crippen LogP) is 1.68. The molecule has 0 radical (unpaired) electrons. The lowest BCUT2D eigenvalue weighted by atomic mass is 10.0. The van der Waals surface area contributed by atoms with Crippen LogP contribution in [0.15, 0.2) is 17.7 Å². The SMILES string of the molecule is Cc1c(O)ccc2c1OCC(C=O)=C2. The third-order valence-electron chi connectivity index (χ3n) is 2.28. The van der Waals surface area contributed by atoms with E-state index in [-0.39, 0.29) is 12.4 Å². The maximum Gasteiger partial charge on any atom is 0.149 e. The van der Waals surface area contributed by atoms with Crippen LogP contribution in [0.3, 0.4) is 0 Å². The summed E-state index contributed by atoms with van der Waals surface area (Å²) < 4.78 is 5.38. The smallest absolute Gasteiger partial charge is 0.149 e. The standard InChI is InChI=1S/C11H10O3/c1-7-10(13)3-2-9-4-8(5-12)6-14-11(7)9/h2-5,13H,6H2,1H3. The number of phenols is 1. The molecule has 0 aliphatic carbocycles. The molecule has 0 saturated heterocycles. The van der Waals surface area contributed by atoms with Crippen molar-refractivity contribution in [2.75, 3.05) is 6.61 Å². The minimum Gasteiger partial charge on any atom is -0.508 e. The highest BCUT2D eigenvalue weighted by Crippen LogP contribution is 2.34. The van der Waals surface area contributed by atoms with Gasteiger partial charge in [-0.3, -0.25) is 4.79 Å². The Morgan fingerprint density at radius 2 is 2.29 bits per heavy atom. The van der Waals surface area contributed by atoms with Crippen LogP contribution in [-0.2, 0) is 4.79 Å². The first kappa shape index (κ1) is 8.81. The number of phenolic OH excluding ortho intramolecular Hbond substituents is 1. The van der Waals surface area contributed by atoms with E-state index >= 15 is 0 Å². The van der Waals surface area contributed by atoms with Crippen LogP contribution in [0.25, 0.3) is 6.08 Å². The van der Waals surface area contributed by atoms with E-state index in [9.17, 15) is 9.90 Å². The molecule has 72 valence electrons. The van der Waals surface area contributed by atoms with Gasteiger partial charge in [-0.2, -0.15) is 0 Å². The second-order valence-electron chi connectivity index (χ2n) is 3.25. The van der Waals surface area contributed by atoms with Gasteiger partial charge in [0, 0.05) is 16.7 Å². The highest BCUT2D eigenvalue weighted by atomic mass is 16.5. The molecule has 1 aliphatic heterocycles. The average molecular weight is 190 g/mol. The molecule has 14 heavy (non-hydrogen) atoms. The second kappa shape index (κ2) is 3.18. The van der Waals surface area contributed by atoms with Crippen molar-refractivity contribution in [1.82, 2.24) is 0 Å². The van der Waals surface area contributed by atoms with Crippen molar-refractivity contribution in [3.63, 3.8) is 0 Å². The molecule has 0 bridgehead atoms. The van der Waals surface area contributed by atoms with Crippen LogP contribution in [0.5, 0.6) is 11.5 Å². The number of aldehydes is 1. The molecular formula is C11H10O3. The highest BCUT2D eigenvalue weighted by Gasteiger charge is 2.14. The van der Waals surface area contributed by atoms with E-state index in [0.29, 0.717) is 16.9 Å². The number of benzene rings is 1. The first-order valence-electron chi connectivity index (χ1n) is 4.33. The Labute approximate surface area is 81.6 Å². The lowest BCUT2D eigenvalue weighted by Gasteiger charge is -2.17. The topological polar surface area (TPSA) is 46.5 Å². The van der Waals surface area contributed by atoms with Crippen LogP contribution < -0.4 is 4.74 Å². The molecule has 0 fully saturated rings. The summed E-state index contributed by atoms with van der Waals surface area (Å²) in [7, 11) is 0. The normalized spacial score (nSPS) is 13.9. The summed E-state index contributed by atoms with van der Waals surface area (Å²) in [6.45, 7) is 2.06. The molecule has 0 unspecified atom stereocenters. The van der Waals surface area contributed by atoms with E-state index in [1.807, 2.05) is 0 Å². The Kier molecular flexibility index (Phi) is 2.00. The first-order valence-corrected chi connectivity index (χ1v) is 4.33. The molecule has 1 aliphatic rings. The first-order chi connectivity index (χ1) is 6.72. The number of ether oxygens (including phenoxy) is 1. The minimum atomic E-state index is 0.215. The van der Waals surface area contributed by atoms with E-state index in [2.05, 4.69) is 0 Å². The lowest BCUT2D eigenvalue weighted by molar-refractivity contribution is -0.105. The van der Waals surface area contributed by atoms with E-state index in [0.717, 1.165) is 11.8 Å². The largest absolute Gasteiger partial charge is 0.508 e. The average Bonchev–Trinajstić information content (AvgIpc) is 2.23. The van der Waals surface area contributed by atoms with Gasteiger partial charge in [-0.15, -0.1) is 0 Å². The number of rotatable bonds is 1. The van der Waals surface area contributed by atoms with E-state index < -0.39 is 0 Å². The summed E-state index contributed by atoms with van der Waals surface area (Å²) >= 11 is 0. The number of carbonyl (C=O) groups is 1. The van der Waals surface area contributed by atoms with Gasteiger partial charge in [0.15, 0.2) is 0 Å². The zero-order chi connectivity index (χ0) is 10.1. The van der Waals surface area contributed by atoms with Gasteiger partial charge in [0.2, 0.25) is 0 Å². The molecule has 0 atom stereocenters. The van der Waals surface area contributed by atoms with Crippen molar-refractivity contribution in [3.05, 3.63) is 28.8 Å². The van der Waals surface area contributed by atoms with Gasteiger partial charge in [0.1, 0.15) is 24.4 Å². The Balaban J connectivity index is 2.57. The molecule has 1 heterocycles. The molecule has 0 amide bonds. The molecule has 0 aromatic heterocycles. The van der Waals surface area contributed by atoms with Crippen LogP contribution in [-0.4, -0.2) is 18.0 Å². The molecule has 3 nitrogen and oxygen atoms in total. The van der Waals surface area contributed by atoms with Crippen molar-refractivity contribution in [1.29, 1.82) is 0 Å². The molecular weight excluding hydrogens is 180 g/mol. The van der Waals surface area contributed by atoms with Crippen molar-refractivity contribution in [2.45, 2.75) is 6.92 Å². The van der Waals surface area contributed by atoms with E-state index in [1.165, 1.54) is 0 Å². The maximum absolute atomic E-state index is 10.5. The van der Waals surface area contributed by atoms with Crippen LogP contribution >= 0.6 is 0 Å². The Morgan fingerprint density at radius 1 is 1.50 bits per heavy atom. The summed E-state index contributed by atoms with van der Waals surface area (Å²) in [5.41, 5.74) is 2.17. The van der Waals surface area contributed by atoms with Gasteiger partial charge < -0.3 is 9.84 Å². The Bertz CT molecular complexity index is 419. The fraction of sp³-hybridized carbons (Fsp3) is 0.182. The van der Waals surface area contributed by atoms with E-state index in [4.69, 9.17) is 4.74 Å². The van der Waals surface area contributed by atoms with Crippen LogP contribution in [0.2, 0.25) is 0 Å². The molecule has 3 heteroatoms. The summed E-state index contributed by atoms with van der Waals surface area (Å²) in [4.78, 5) is 10.5. The van der Waals surface area contributed by atoms with Crippen LogP contribution in [0.1, 0.15) is 11.1 Å². The van der Waals surface area contributed by atoms with Crippen LogP contribution in [0, 0.1) is 6.92 Å². The lowest BCUT2D eigenvalue weighted by Crippen LogP contribution is -2.09. The summed E-state index contributed by atoms with van der Waals surface area (Å²) in [5, 5.41) is 9.43. The van der Waals surface area contributed by atoms with Gasteiger partial charge in [-0.25, -0.2) is 0 Å². The Hall–Kier alpha value is -1.77. The number of fused-ring (bicyclic) bond motifs is 1. The summed E-state index contributed by atoms with van der Waals surface area (Å²) in [6, 6.07) is 3.34. The van der Waals surface area contributed by atoms with Crippen molar-refractivity contribution in [2.24, 2.45) is 0 Å². The maximum atomic E-state index is 10.5.